The third-order valence-electron chi connectivity index (χ3n) is 6.60. The largest absolute Gasteiger partial charge is 0.481 e. The molecule has 11 heteroatoms. The molecule has 0 spiro atoms. The number of aliphatic carboxylic acids is 3. The summed E-state index contributed by atoms with van der Waals surface area (Å²) in [7, 11) is 1.70. The number of benzene rings is 2. The number of carboxylic acids is 3. The van der Waals surface area contributed by atoms with E-state index in [-0.39, 0.29) is 0 Å². The van der Waals surface area contributed by atoms with Crippen LogP contribution >= 0.6 is 0 Å². The Bertz CT molecular complexity index is 1510. The highest BCUT2D eigenvalue weighted by molar-refractivity contribution is 5.88. The van der Waals surface area contributed by atoms with Gasteiger partial charge in [-0.3, -0.25) is 19.5 Å². The number of nitrogens with zero attached hydrogens (tertiary/aromatic N) is 3. The SMILES string of the molecule is COc1nc2cc(C)ccc2cc1CN(CCc1ccccc1)Cc1ccncc1.O=C(O)CC(O)(CC(=O)O)C(=O)O. The highest BCUT2D eigenvalue weighted by Crippen LogP contribution is 2.25. The Morgan fingerprint density at radius 2 is 1.51 bits per heavy atom. The number of carbonyl (C=O) groups is 3. The molecule has 4 aromatic rings. The molecule has 2 aromatic heterocycles. The van der Waals surface area contributed by atoms with Gasteiger partial charge in [0.05, 0.1) is 25.5 Å². The molecule has 0 amide bonds. The number of aromatic nitrogens is 2. The summed E-state index contributed by atoms with van der Waals surface area (Å²) in [4.78, 5) is 41.9. The quantitative estimate of drug-likeness (QED) is 0.178. The van der Waals surface area contributed by atoms with Crippen LogP contribution in [0.5, 0.6) is 5.88 Å². The summed E-state index contributed by atoms with van der Waals surface area (Å²) in [5.74, 6) is -4.32. The van der Waals surface area contributed by atoms with Gasteiger partial charge < -0.3 is 25.2 Å². The molecule has 0 fully saturated rings. The molecule has 0 saturated heterocycles. The summed E-state index contributed by atoms with van der Waals surface area (Å²) in [5, 5.41) is 35.0. The van der Waals surface area contributed by atoms with Gasteiger partial charge in [-0.1, -0.05) is 42.5 Å². The Balaban J connectivity index is 0.000000331. The lowest BCUT2D eigenvalue weighted by atomic mass is 9.96. The van der Waals surface area contributed by atoms with Crippen molar-refractivity contribution in [2.45, 2.75) is 44.9 Å². The van der Waals surface area contributed by atoms with Crippen LogP contribution in [0, 0.1) is 6.92 Å². The molecule has 0 saturated carbocycles. The first kappa shape index (κ1) is 32.6. The summed E-state index contributed by atoms with van der Waals surface area (Å²) in [5.41, 5.74) is 3.14. The van der Waals surface area contributed by atoms with Gasteiger partial charge in [-0.25, -0.2) is 9.78 Å². The summed E-state index contributed by atoms with van der Waals surface area (Å²) in [6.45, 7) is 4.66. The molecule has 2 aromatic carbocycles. The van der Waals surface area contributed by atoms with Crippen molar-refractivity contribution in [3.8, 4) is 5.88 Å². The fourth-order valence-corrected chi connectivity index (χ4v) is 4.44. The van der Waals surface area contributed by atoms with Crippen LogP contribution in [0.15, 0.2) is 79.1 Å². The van der Waals surface area contributed by atoms with Crippen molar-refractivity contribution in [3.63, 3.8) is 0 Å². The molecule has 43 heavy (non-hydrogen) atoms. The topological polar surface area (TPSA) is 170 Å². The maximum absolute atomic E-state index is 10.3. The van der Waals surface area contributed by atoms with E-state index in [1.54, 1.807) is 7.11 Å². The van der Waals surface area contributed by atoms with Crippen molar-refractivity contribution in [3.05, 3.63) is 101 Å². The maximum atomic E-state index is 10.3. The molecule has 0 aliphatic carbocycles. The van der Waals surface area contributed by atoms with Crippen molar-refractivity contribution in [1.29, 1.82) is 0 Å². The zero-order valence-corrected chi connectivity index (χ0v) is 24.0. The molecule has 226 valence electrons. The number of hydrogen-bond acceptors (Lipinski definition) is 8. The van der Waals surface area contributed by atoms with Crippen molar-refractivity contribution >= 4 is 28.8 Å². The summed E-state index contributed by atoms with van der Waals surface area (Å²) in [6, 6.07) is 23.4. The van der Waals surface area contributed by atoms with Crippen LogP contribution in [-0.2, 0) is 33.9 Å². The lowest BCUT2D eigenvalue weighted by Crippen LogP contribution is -2.42. The van der Waals surface area contributed by atoms with Crippen LogP contribution in [-0.4, -0.2) is 72.5 Å². The minimum atomic E-state index is -2.74. The summed E-state index contributed by atoms with van der Waals surface area (Å²) >= 11 is 0. The molecule has 0 atom stereocenters. The van der Waals surface area contributed by atoms with Crippen LogP contribution in [0.25, 0.3) is 10.9 Å². The number of carboxylic acid groups (broad SMARTS) is 3. The molecule has 11 nitrogen and oxygen atoms in total. The first-order valence-corrected chi connectivity index (χ1v) is 13.5. The van der Waals surface area contributed by atoms with Gasteiger partial charge in [0, 0.05) is 43.0 Å². The molecule has 4 rings (SSSR count). The molecule has 0 bridgehead atoms. The van der Waals surface area contributed by atoms with Gasteiger partial charge in [0.15, 0.2) is 5.60 Å². The smallest absolute Gasteiger partial charge is 0.336 e. The van der Waals surface area contributed by atoms with Crippen LogP contribution in [0.3, 0.4) is 0 Å². The average molecular weight is 590 g/mol. The van der Waals surface area contributed by atoms with Crippen LogP contribution in [0.4, 0.5) is 0 Å². The normalized spacial score (nSPS) is 11.1. The lowest BCUT2D eigenvalue weighted by Gasteiger charge is -2.23. The Morgan fingerprint density at radius 3 is 2.09 bits per heavy atom. The van der Waals surface area contributed by atoms with Gasteiger partial charge in [0.25, 0.3) is 0 Å². The van der Waals surface area contributed by atoms with Crippen LogP contribution in [0.1, 0.15) is 35.1 Å². The molecular formula is C32H35N3O8. The predicted molar refractivity (Wildman–Crippen MR) is 159 cm³/mol. The van der Waals surface area contributed by atoms with E-state index in [9.17, 15) is 14.4 Å². The maximum Gasteiger partial charge on any atom is 0.336 e. The van der Waals surface area contributed by atoms with Crippen molar-refractivity contribution in [2.24, 2.45) is 0 Å². The van der Waals surface area contributed by atoms with E-state index in [1.807, 2.05) is 12.4 Å². The molecule has 2 heterocycles. The number of fused-ring (bicyclic) bond motifs is 1. The zero-order chi connectivity index (χ0) is 31.4. The second-order valence-corrected chi connectivity index (χ2v) is 10.1. The lowest BCUT2D eigenvalue weighted by molar-refractivity contribution is -0.170. The average Bonchev–Trinajstić information content (AvgIpc) is 2.96. The zero-order valence-electron chi connectivity index (χ0n) is 24.0. The number of aryl methyl sites for hydroxylation is 1. The van der Waals surface area contributed by atoms with Crippen molar-refractivity contribution in [1.82, 2.24) is 14.9 Å². The minimum absolute atomic E-state index is 0.701. The highest BCUT2D eigenvalue weighted by Gasteiger charge is 2.40. The number of ether oxygens (including phenoxy) is 1. The van der Waals surface area contributed by atoms with Gasteiger partial charge in [-0.2, -0.15) is 0 Å². The van der Waals surface area contributed by atoms with E-state index >= 15 is 0 Å². The summed E-state index contributed by atoms with van der Waals surface area (Å²) < 4.78 is 5.66. The number of hydrogen-bond donors (Lipinski definition) is 4. The van der Waals surface area contributed by atoms with Gasteiger partial charge in [0.2, 0.25) is 5.88 Å². The van der Waals surface area contributed by atoms with Crippen LogP contribution < -0.4 is 4.74 Å². The third-order valence-corrected chi connectivity index (χ3v) is 6.60. The van der Waals surface area contributed by atoms with E-state index in [0.29, 0.717) is 5.88 Å². The molecule has 0 radical (unpaired) electrons. The number of aliphatic hydroxyl groups is 1. The molecule has 0 aliphatic rings. The molecule has 0 unspecified atom stereocenters. The summed E-state index contributed by atoms with van der Waals surface area (Å²) in [6.07, 6.45) is 2.41. The standard InChI is InChI=1S/C26H27N3O.C6H8O7/c1-20-8-9-23-17-24(26(30-2)28-25(23)16-20)19-29(18-22-10-13-27-14-11-22)15-12-21-6-4-3-5-7-21;7-3(8)1-6(13,5(11)12)2-4(9)10/h3-11,13-14,16-17H,12,15,18-19H2,1-2H3;13H,1-2H2,(H,7,8)(H,9,10)(H,11,12). The van der Waals surface area contributed by atoms with E-state index in [2.05, 4.69) is 83.5 Å². The van der Waals surface area contributed by atoms with Crippen LogP contribution in [0.2, 0.25) is 0 Å². The Labute approximate surface area is 249 Å². The monoisotopic (exact) mass is 589 g/mol. The fourth-order valence-electron chi connectivity index (χ4n) is 4.44. The van der Waals surface area contributed by atoms with Gasteiger partial charge in [0.1, 0.15) is 0 Å². The fraction of sp³-hybridized carbons (Fsp3) is 0.281. The van der Waals surface area contributed by atoms with E-state index in [1.165, 1.54) is 16.7 Å². The first-order valence-electron chi connectivity index (χ1n) is 13.5. The predicted octanol–water partition coefficient (Wildman–Crippen LogP) is 3.94. The molecular weight excluding hydrogens is 554 g/mol. The van der Waals surface area contributed by atoms with Gasteiger partial charge in [-0.05, 0) is 54.3 Å². The molecule has 4 N–H and O–H groups in total. The number of methoxy groups -OCH3 is 1. The Kier molecular flexibility index (Phi) is 11.7. The van der Waals surface area contributed by atoms with Crippen molar-refractivity contribution in [2.75, 3.05) is 13.7 Å². The third kappa shape index (κ3) is 10.2. The highest BCUT2D eigenvalue weighted by atomic mass is 16.5. The molecule has 0 aliphatic heterocycles. The minimum Gasteiger partial charge on any atom is -0.481 e. The van der Waals surface area contributed by atoms with E-state index < -0.39 is 36.4 Å². The van der Waals surface area contributed by atoms with Crippen molar-refractivity contribution < 1.29 is 39.5 Å². The second-order valence-electron chi connectivity index (χ2n) is 10.1. The van der Waals surface area contributed by atoms with Gasteiger partial charge in [-0.15, -0.1) is 0 Å². The second kappa shape index (κ2) is 15.4. The van der Waals surface area contributed by atoms with E-state index in [4.69, 9.17) is 30.1 Å². The van der Waals surface area contributed by atoms with Gasteiger partial charge >= 0.3 is 17.9 Å². The van der Waals surface area contributed by atoms with E-state index in [0.717, 1.165) is 42.5 Å². The Hall–Kier alpha value is -4.87. The first-order chi connectivity index (χ1) is 20.5. The Morgan fingerprint density at radius 1 is 0.860 bits per heavy atom. The number of rotatable bonds is 13. The number of pyridine rings is 2.